The number of carbonyl (C=O) groups is 1. The largest absolute Gasteiger partial charge is 0.508 e. The Morgan fingerprint density at radius 2 is 2.23 bits per heavy atom. The first kappa shape index (κ1) is 9.58. The molecule has 3 N–H and O–H groups in total. The van der Waals surface area contributed by atoms with Gasteiger partial charge < -0.3 is 10.8 Å². The van der Waals surface area contributed by atoms with E-state index in [2.05, 4.69) is 0 Å². The average molecular weight is 179 g/mol. The summed E-state index contributed by atoms with van der Waals surface area (Å²) in [5.74, 6) is -0.0801. The van der Waals surface area contributed by atoms with Gasteiger partial charge in [-0.3, -0.25) is 4.79 Å². The second-order valence-corrected chi connectivity index (χ2v) is 2.96. The van der Waals surface area contributed by atoms with Crippen LogP contribution in [-0.4, -0.2) is 11.0 Å². The van der Waals surface area contributed by atoms with Crippen molar-refractivity contribution >= 4 is 5.91 Å². The molecule has 0 aliphatic carbocycles. The predicted octanol–water partition coefficient (Wildman–Crippen LogP) is 0.982. The number of hydrogen-bond donors (Lipinski definition) is 2. The molecule has 13 heavy (non-hydrogen) atoms. The summed E-state index contributed by atoms with van der Waals surface area (Å²) in [5.41, 5.74) is 6.75. The maximum Gasteiger partial charge on any atom is 0.221 e. The van der Waals surface area contributed by atoms with Crippen molar-refractivity contribution in [2.75, 3.05) is 0 Å². The van der Waals surface area contributed by atoms with Gasteiger partial charge in [0.25, 0.3) is 0 Å². The average Bonchev–Trinajstić information content (AvgIpc) is 2.07. The summed E-state index contributed by atoms with van der Waals surface area (Å²) >= 11 is 0. The van der Waals surface area contributed by atoms with Crippen LogP contribution in [0, 0.1) is 0 Å². The van der Waals surface area contributed by atoms with Crippen LogP contribution >= 0.6 is 0 Å². The van der Waals surface area contributed by atoms with E-state index in [4.69, 9.17) is 5.73 Å². The van der Waals surface area contributed by atoms with Crippen molar-refractivity contribution in [2.24, 2.45) is 5.73 Å². The number of rotatable bonds is 3. The molecular formula is C10H13NO2. The van der Waals surface area contributed by atoms with Crippen molar-refractivity contribution in [1.29, 1.82) is 0 Å². The highest BCUT2D eigenvalue weighted by Gasteiger charge is 2.02. The first-order valence-corrected chi connectivity index (χ1v) is 4.22. The topological polar surface area (TPSA) is 63.3 Å². The smallest absolute Gasteiger partial charge is 0.221 e. The highest BCUT2D eigenvalue weighted by molar-refractivity contribution is 5.76. The minimum Gasteiger partial charge on any atom is -0.508 e. The second kappa shape index (κ2) is 3.94. The number of nitrogens with two attached hydrogens (primary N) is 1. The lowest BCUT2D eigenvalue weighted by atomic mass is 10.1. The van der Waals surface area contributed by atoms with Crippen molar-refractivity contribution in [3.63, 3.8) is 0 Å². The number of aryl methyl sites for hydroxylation is 1. The number of benzene rings is 1. The van der Waals surface area contributed by atoms with Crippen LogP contribution in [0.15, 0.2) is 18.2 Å². The molecule has 0 unspecified atom stereocenters. The van der Waals surface area contributed by atoms with E-state index in [-0.39, 0.29) is 18.1 Å². The Morgan fingerprint density at radius 3 is 2.77 bits per heavy atom. The van der Waals surface area contributed by atoms with Crippen molar-refractivity contribution in [1.82, 2.24) is 0 Å². The molecule has 0 aliphatic heterocycles. The van der Waals surface area contributed by atoms with Crippen molar-refractivity contribution in [3.05, 3.63) is 29.3 Å². The first-order valence-electron chi connectivity index (χ1n) is 4.22. The lowest BCUT2D eigenvalue weighted by Gasteiger charge is -2.03. The van der Waals surface area contributed by atoms with Crippen LogP contribution in [0.25, 0.3) is 0 Å². The number of phenolic OH excluding ortho intramolecular Hbond substituents is 1. The van der Waals surface area contributed by atoms with Crippen LogP contribution in [0.3, 0.4) is 0 Å². The Morgan fingerprint density at radius 1 is 1.54 bits per heavy atom. The van der Waals surface area contributed by atoms with Crippen LogP contribution in [0.1, 0.15) is 18.1 Å². The SMILES string of the molecule is CCc1cc(CC(N)=O)ccc1O. The van der Waals surface area contributed by atoms with Gasteiger partial charge in [-0.05, 0) is 23.6 Å². The lowest BCUT2D eigenvalue weighted by molar-refractivity contribution is -0.117. The third-order valence-corrected chi connectivity index (χ3v) is 1.90. The third kappa shape index (κ3) is 2.47. The summed E-state index contributed by atoms with van der Waals surface area (Å²) in [6, 6.07) is 5.11. The zero-order valence-corrected chi connectivity index (χ0v) is 7.58. The first-order chi connectivity index (χ1) is 6.13. The minimum atomic E-state index is -0.354. The van der Waals surface area contributed by atoms with Crippen LogP contribution in [0.2, 0.25) is 0 Å². The van der Waals surface area contributed by atoms with E-state index in [9.17, 15) is 9.90 Å². The zero-order chi connectivity index (χ0) is 9.84. The third-order valence-electron chi connectivity index (χ3n) is 1.90. The monoisotopic (exact) mass is 179 g/mol. The summed E-state index contributed by atoms with van der Waals surface area (Å²) in [6.07, 6.45) is 0.978. The van der Waals surface area contributed by atoms with Crippen LogP contribution < -0.4 is 5.73 Å². The fourth-order valence-electron chi connectivity index (χ4n) is 1.23. The molecule has 0 heterocycles. The minimum absolute atomic E-state index is 0.229. The molecule has 3 heteroatoms. The fraction of sp³-hybridized carbons (Fsp3) is 0.300. The van der Waals surface area contributed by atoms with Gasteiger partial charge in [-0.2, -0.15) is 0 Å². The van der Waals surface area contributed by atoms with Crippen molar-refractivity contribution in [2.45, 2.75) is 19.8 Å². The number of carbonyl (C=O) groups excluding carboxylic acids is 1. The van der Waals surface area contributed by atoms with Gasteiger partial charge in [-0.25, -0.2) is 0 Å². The summed E-state index contributed by atoms with van der Waals surface area (Å²) in [6.45, 7) is 1.95. The van der Waals surface area contributed by atoms with E-state index in [0.29, 0.717) is 0 Å². The van der Waals surface area contributed by atoms with Gasteiger partial charge in [-0.15, -0.1) is 0 Å². The van der Waals surface area contributed by atoms with Gasteiger partial charge in [0, 0.05) is 0 Å². The molecule has 1 aromatic rings. The van der Waals surface area contributed by atoms with E-state index in [1.165, 1.54) is 0 Å². The van der Waals surface area contributed by atoms with Gasteiger partial charge in [0.15, 0.2) is 0 Å². The van der Waals surface area contributed by atoms with E-state index in [1.807, 2.05) is 6.92 Å². The fourth-order valence-corrected chi connectivity index (χ4v) is 1.23. The molecule has 0 fully saturated rings. The molecular weight excluding hydrogens is 166 g/mol. The van der Waals surface area contributed by atoms with Gasteiger partial charge in [-0.1, -0.05) is 19.1 Å². The summed E-state index contributed by atoms with van der Waals surface area (Å²) in [5, 5.41) is 9.35. The highest BCUT2D eigenvalue weighted by Crippen LogP contribution is 2.18. The van der Waals surface area contributed by atoms with Gasteiger partial charge in [0.2, 0.25) is 5.91 Å². The maximum absolute atomic E-state index is 10.6. The second-order valence-electron chi connectivity index (χ2n) is 2.96. The molecule has 3 nitrogen and oxygen atoms in total. The van der Waals surface area contributed by atoms with Crippen LogP contribution in [0.4, 0.5) is 0 Å². The maximum atomic E-state index is 10.6. The number of amides is 1. The van der Waals surface area contributed by atoms with Crippen LogP contribution in [-0.2, 0) is 17.6 Å². The molecule has 0 saturated carbocycles. The molecule has 0 spiro atoms. The van der Waals surface area contributed by atoms with Crippen molar-refractivity contribution in [3.8, 4) is 5.75 Å². The molecule has 70 valence electrons. The van der Waals surface area contributed by atoms with Gasteiger partial charge in [0.1, 0.15) is 5.75 Å². The Kier molecular flexibility index (Phi) is 2.90. The quantitative estimate of drug-likeness (QED) is 0.726. The Hall–Kier alpha value is -1.51. The Bertz CT molecular complexity index is 321. The molecule has 0 aliphatic rings. The van der Waals surface area contributed by atoms with E-state index < -0.39 is 0 Å². The normalized spacial score (nSPS) is 9.92. The number of aromatic hydroxyl groups is 1. The summed E-state index contributed by atoms with van der Waals surface area (Å²) < 4.78 is 0. The van der Waals surface area contributed by atoms with Crippen LogP contribution in [0.5, 0.6) is 5.75 Å². The van der Waals surface area contributed by atoms with Crippen molar-refractivity contribution < 1.29 is 9.90 Å². The molecule has 1 aromatic carbocycles. The lowest BCUT2D eigenvalue weighted by Crippen LogP contribution is -2.13. The molecule has 0 radical (unpaired) electrons. The molecule has 0 saturated heterocycles. The summed E-state index contributed by atoms with van der Waals surface area (Å²) in [4.78, 5) is 10.6. The number of phenols is 1. The molecule has 1 amide bonds. The Labute approximate surface area is 77.2 Å². The Balaban J connectivity index is 2.92. The predicted molar refractivity (Wildman–Crippen MR) is 50.4 cm³/mol. The standard InChI is InChI=1S/C10H13NO2/c1-2-8-5-7(6-10(11)13)3-4-9(8)12/h3-5,12H,2,6H2,1H3,(H2,11,13). The van der Waals surface area contributed by atoms with E-state index in [0.717, 1.165) is 17.5 Å². The summed E-state index contributed by atoms with van der Waals surface area (Å²) in [7, 11) is 0. The van der Waals surface area contributed by atoms with E-state index in [1.54, 1.807) is 18.2 Å². The molecule has 0 bridgehead atoms. The number of primary amides is 1. The molecule has 1 rings (SSSR count). The molecule has 0 aromatic heterocycles. The van der Waals surface area contributed by atoms with Gasteiger partial charge in [0.05, 0.1) is 6.42 Å². The van der Waals surface area contributed by atoms with E-state index >= 15 is 0 Å². The molecule has 0 atom stereocenters. The zero-order valence-electron chi connectivity index (χ0n) is 7.58. The highest BCUT2D eigenvalue weighted by atomic mass is 16.3. The van der Waals surface area contributed by atoms with Gasteiger partial charge >= 0.3 is 0 Å². The number of hydrogen-bond acceptors (Lipinski definition) is 2.